The van der Waals surface area contributed by atoms with Crippen molar-refractivity contribution < 1.29 is 19.5 Å². The van der Waals surface area contributed by atoms with E-state index in [2.05, 4.69) is 17.2 Å². The lowest BCUT2D eigenvalue weighted by Crippen LogP contribution is -2.48. The molecule has 0 aromatic heterocycles. The molecule has 2 atom stereocenters. The monoisotopic (exact) mass is 240 g/mol. The van der Waals surface area contributed by atoms with E-state index >= 15 is 0 Å². The molecule has 3 N–H and O–H groups in total. The maximum atomic E-state index is 11.7. The standard InChI is InChI=1S/C11H16N2O4/c1-6(2)5-8(11(16)17)13-10(15)7-3-4-9(14)12-7/h7-8H,1,3-5H2,2H3,(H,12,14)(H,13,15)(H,16,17)/t7-,8-/m1/s1. The van der Waals surface area contributed by atoms with Crippen LogP contribution in [0.2, 0.25) is 0 Å². The fraction of sp³-hybridized carbons (Fsp3) is 0.545. The van der Waals surface area contributed by atoms with Crippen molar-refractivity contribution in [1.29, 1.82) is 0 Å². The van der Waals surface area contributed by atoms with Gasteiger partial charge in [-0.05, 0) is 19.8 Å². The number of rotatable bonds is 5. The lowest BCUT2D eigenvalue weighted by molar-refractivity contribution is -0.142. The molecule has 0 unspecified atom stereocenters. The first kappa shape index (κ1) is 13.2. The zero-order valence-corrected chi connectivity index (χ0v) is 9.66. The van der Waals surface area contributed by atoms with Gasteiger partial charge in [-0.2, -0.15) is 0 Å². The summed E-state index contributed by atoms with van der Waals surface area (Å²) in [6, 6.07) is -1.60. The fourth-order valence-electron chi connectivity index (χ4n) is 1.63. The van der Waals surface area contributed by atoms with E-state index in [9.17, 15) is 14.4 Å². The third kappa shape index (κ3) is 3.90. The Morgan fingerprint density at radius 3 is 2.71 bits per heavy atom. The normalized spacial score (nSPS) is 20.5. The van der Waals surface area contributed by atoms with E-state index in [0.29, 0.717) is 18.4 Å². The molecule has 94 valence electrons. The largest absolute Gasteiger partial charge is 0.480 e. The number of hydrogen-bond acceptors (Lipinski definition) is 3. The van der Waals surface area contributed by atoms with E-state index in [-0.39, 0.29) is 12.3 Å². The highest BCUT2D eigenvalue weighted by Crippen LogP contribution is 2.08. The number of amides is 2. The summed E-state index contributed by atoms with van der Waals surface area (Å²) < 4.78 is 0. The number of nitrogens with one attached hydrogen (secondary N) is 2. The molecule has 17 heavy (non-hydrogen) atoms. The van der Waals surface area contributed by atoms with Crippen molar-refractivity contribution in [1.82, 2.24) is 10.6 Å². The average molecular weight is 240 g/mol. The van der Waals surface area contributed by atoms with Crippen LogP contribution in [0.25, 0.3) is 0 Å². The first-order valence-electron chi connectivity index (χ1n) is 5.37. The summed E-state index contributed by atoms with van der Waals surface area (Å²) in [5.74, 6) is -1.74. The van der Waals surface area contributed by atoms with Gasteiger partial charge < -0.3 is 15.7 Å². The molecule has 0 radical (unpaired) electrons. The Labute approximate surface area is 99.1 Å². The Morgan fingerprint density at radius 1 is 1.65 bits per heavy atom. The molecule has 0 saturated carbocycles. The molecular formula is C11H16N2O4. The van der Waals surface area contributed by atoms with Gasteiger partial charge in [-0.15, -0.1) is 6.58 Å². The smallest absolute Gasteiger partial charge is 0.326 e. The molecule has 1 rings (SSSR count). The molecule has 1 saturated heterocycles. The molecular weight excluding hydrogens is 224 g/mol. The van der Waals surface area contributed by atoms with Crippen molar-refractivity contribution >= 4 is 17.8 Å². The maximum absolute atomic E-state index is 11.7. The van der Waals surface area contributed by atoms with Gasteiger partial charge in [0.1, 0.15) is 12.1 Å². The van der Waals surface area contributed by atoms with Crippen LogP contribution in [0.5, 0.6) is 0 Å². The number of hydrogen-bond donors (Lipinski definition) is 3. The maximum Gasteiger partial charge on any atom is 0.326 e. The number of aliphatic carboxylic acids is 1. The molecule has 1 heterocycles. The SMILES string of the molecule is C=C(C)C[C@@H](NC(=O)[C@H]1CCC(=O)N1)C(=O)O. The molecule has 0 bridgehead atoms. The minimum absolute atomic E-state index is 0.182. The zero-order chi connectivity index (χ0) is 13.0. The molecule has 6 heteroatoms. The van der Waals surface area contributed by atoms with Gasteiger partial charge in [0.15, 0.2) is 0 Å². The predicted molar refractivity (Wildman–Crippen MR) is 60.2 cm³/mol. The van der Waals surface area contributed by atoms with Gasteiger partial charge >= 0.3 is 5.97 Å². The predicted octanol–water partition coefficient (Wildman–Crippen LogP) is -0.199. The fourth-order valence-corrected chi connectivity index (χ4v) is 1.63. The van der Waals surface area contributed by atoms with Crippen LogP contribution in [0.1, 0.15) is 26.2 Å². The van der Waals surface area contributed by atoms with Crippen molar-refractivity contribution in [3.63, 3.8) is 0 Å². The second-order valence-corrected chi connectivity index (χ2v) is 4.22. The summed E-state index contributed by atoms with van der Waals surface area (Å²) in [7, 11) is 0. The molecule has 0 aromatic rings. The highest BCUT2D eigenvalue weighted by Gasteiger charge is 2.30. The molecule has 0 spiro atoms. The highest BCUT2D eigenvalue weighted by atomic mass is 16.4. The van der Waals surface area contributed by atoms with E-state index < -0.39 is 24.0 Å². The van der Waals surface area contributed by atoms with E-state index in [1.165, 1.54) is 0 Å². The topological polar surface area (TPSA) is 95.5 Å². The van der Waals surface area contributed by atoms with Gasteiger partial charge in [0.05, 0.1) is 0 Å². The summed E-state index contributed by atoms with van der Waals surface area (Å²) in [5, 5.41) is 13.8. The summed E-state index contributed by atoms with van der Waals surface area (Å²) >= 11 is 0. The number of carboxylic acid groups (broad SMARTS) is 1. The molecule has 2 amide bonds. The molecule has 0 aliphatic carbocycles. The first-order valence-corrected chi connectivity index (χ1v) is 5.37. The van der Waals surface area contributed by atoms with Crippen LogP contribution in [-0.2, 0) is 14.4 Å². The lowest BCUT2D eigenvalue weighted by Gasteiger charge is -2.17. The summed E-state index contributed by atoms with van der Waals surface area (Å²) in [6.45, 7) is 5.30. The Kier molecular flexibility index (Phi) is 4.25. The number of carbonyl (C=O) groups excluding carboxylic acids is 2. The molecule has 0 aromatic carbocycles. The van der Waals surface area contributed by atoms with Gasteiger partial charge in [0, 0.05) is 6.42 Å². The van der Waals surface area contributed by atoms with E-state index in [1.54, 1.807) is 6.92 Å². The van der Waals surface area contributed by atoms with Crippen molar-refractivity contribution in [2.75, 3.05) is 0 Å². The van der Waals surface area contributed by atoms with Gasteiger partial charge in [0.2, 0.25) is 11.8 Å². The molecule has 1 aliphatic heterocycles. The second-order valence-electron chi connectivity index (χ2n) is 4.22. The van der Waals surface area contributed by atoms with Crippen molar-refractivity contribution in [3.05, 3.63) is 12.2 Å². The van der Waals surface area contributed by atoms with Crippen molar-refractivity contribution in [2.24, 2.45) is 0 Å². The Bertz CT molecular complexity index is 364. The highest BCUT2D eigenvalue weighted by molar-refractivity contribution is 5.92. The van der Waals surface area contributed by atoms with E-state index in [4.69, 9.17) is 5.11 Å². The number of carboxylic acids is 1. The first-order chi connectivity index (χ1) is 7.90. The van der Waals surface area contributed by atoms with E-state index in [0.717, 1.165) is 0 Å². The van der Waals surface area contributed by atoms with Gasteiger partial charge in [-0.1, -0.05) is 5.57 Å². The molecule has 6 nitrogen and oxygen atoms in total. The summed E-state index contributed by atoms with van der Waals surface area (Å²) in [5.41, 5.74) is 0.674. The zero-order valence-electron chi connectivity index (χ0n) is 9.66. The molecule has 1 fully saturated rings. The Morgan fingerprint density at radius 2 is 2.29 bits per heavy atom. The van der Waals surface area contributed by atoms with Crippen LogP contribution in [0.15, 0.2) is 12.2 Å². The van der Waals surface area contributed by atoms with Crippen LogP contribution in [-0.4, -0.2) is 35.0 Å². The Balaban J connectivity index is 2.55. The number of carbonyl (C=O) groups is 3. The lowest BCUT2D eigenvalue weighted by atomic mass is 10.1. The van der Waals surface area contributed by atoms with Crippen LogP contribution < -0.4 is 10.6 Å². The quantitative estimate of drug-likeness (QED) is 0.580. The van der Waals surface area contributed by atoms with Gasteiger partial charge in [-0.3, -0.25) is 9.59 Å². The Hall–Kier alpha value is -1.85. The molecule has 1 aliphatic rings. The second kappa shape index (κ2) is 5.47. The third-order valence-electron chi connectivity index (χ3n) is 2.48. The van der Waals surface area contributed by atoms with Crippen LogP contribution in [0.4, 0.5) is 0 Å². The summed E-state index contributed by atoms with van der Waals surface area (Å²) in [4.78, 5) is 33.5. The van der Waals surface area contributed by atoms with Crippen LogP contribution in [0, 0.1) is 0 Å². The van der Waals surface area contributed by atoms with Gasteiger partial charge in [-0.25, -0.2) is 4.79 Å². The van der Waals surface area contributed by atoms with Crippen molar-refractivity contribution in [3.8, 4) is 0 Å². The minimum atomic E-state index is -1.11. The van der Waals surface area contributed by atoms with Gasteiger partial charge in [0.25, 0.3) is 0 Å². The van der Waals surface area contributed by atoms with E-state index in [1.807, 2.05) is 0 Å². The third-order valence-corrected chi connectivity index (χ3v) is 2.48. The average Bonchev–Trinajstić information content (AvgIpc) is 2.63. The summed E-state index contributed by atoms with van der Waals surface area (Å²) in [6.07, 6.45) is 0.891. The van der Waals surface area contributed by atoms with Crippen molar-refractivity contribution in [2.45, 2.75) is 38.3 Å². The van der Waals surface area contributed by atoms with Crippen LogP contribution in [0.3, 0.4) is 0 Å². The van der Waals surface area contributed by atoms with Crippen LogP contribution >= 0.6 is 0 Å². The minimum Gasteiger partial charge on any atom is -0.480 e.